The van der Waals surface area contributed by atoms with Crippen LogP contribution in [0.25, 0.3) is 5.57 Å². The van der Waals surface area contributed by atoms with E-state index in [0.29, 0.717) is 17.8 Å². The van der Waals surface area contributed by atoms with Gasteiger partial charge in [0.05, 0.1) is 5.57 Å². The van der Waals surface area contributed by atoms with Gasteiger partial charge in [0.1, 0.15) is 5.70 Å². The van der Waals surface area contributed by atoms with Gasteiger partial charge in [-0.25, -0.2) is 0 Å². The molecule has 0 unspecified atom stereocenters. The average molecular weight is 446 g/mol. The predicted molar refractivity (Wildman–Crippen MR) is 135 cm³/mol. The van der Waals surface area contributed by atoms with Crippen LogP contribution >= 0.6 is 0 Å². The molecule has 0 aliphatic carbocycles. The zero-order valence-electron chi connectivity index (χ0n) is 20.4. The van der Waals surface area contributed by atoms with Crippen LogP contribution < -0.4 is 10.2 Å². The number of piperidine rings is 1. The first-order valence-corrected chi connectivity index (χ1v) is 12.0. The zero-order chi connectivity index (χ0) is 23.7. The van der Waals surface area contributed by atoms with Crippen molar-refractivity contribution >= 4 is 28.8 Å². The Morgan fingerprint density at radius 1 is 0.939 bits per heavy atom. The normalized spacial score (nSPS) is 17.5. The van der Waals surface area contributed by atoms with Crippen molar-refractivity contribution in [3.8, 4) is 0 Å². The topological polar surface area (TPSA) is 52.7 Å². The van der Waals surface area contributed by atoms with E-state index in [4.69, 9.17) is 0 Å². The van der Waals surface area contributed by atoms with Crippen LogP contribution in [0.1, 0.15) is 50.3 Å². The number of anilines is 2. The molecule has 0 atom stereocenters. The SMILES string of the molecule is Cc1ccc(C2=C(Nc3ccc(N4CCC(C)CC4)cc3)C(=O)N(CC(C)C)C2=O)cc1C. The maximum absolute atomic E-state index is 13.3. The fraction of sp³-hybridized carbons (Fsp3) is 0.429. The largest absolute Gasteiger partial charge is 0.372 e. The molecule has 0 radical (unpaired) electrons. The van der Waals surface area contributed by atoms with Crippen molar-refractivity contribution in [2.24, 2.45) is 11.8 Å². The van der Waals surface area contributed by atoms with Gasteiger partial charge in [-0.15, -0.1) is 0 Å². The molecule has 5 nitrogen and oxygen atoms in total. The molecule has 0 saturated carbocycles. The van der Waals surface area contributed by atoms with Gasteiger partial charge in [-0.2, -0.15) is 0 Å². The highest BCUT2D eigenvalue weighted by Gasteiger charge is 2.39. The molecular weight excluding hydrogens is 410 g/mol. The molecule has 2 heterocycles. The number of nitrogens with zero attached hydrogens (tertiary/aromatic N) is 2. The van der Waals surface area contributed by atoms with Crippen LogP contribution in [0.5, 0.6) is 0 Å². The van der Waals surface area contributed by atoms with Crippen molar-refractivity contribution in [3.63, 3.8) is 0 Å². The second kappa shape index (κ2) is 9.42. The fourth-order valence-corrected chi connectivity index (χ4v) is 4.55. The van der Waals surface area contributed by atoms with E-state index in [-0.39, 0.29) is 17.7 Å². The summed E-state index contributed by atoms with van der Waals surface area (Å²) in [5, 5.41) is 3.29. The minimum atomic E-state index is -0.254. The van der Waals surface area contributed by atoms with Gasteiger partial charge < -0.3 is 10.2 Å². The molecule has 0 aromatic heterocycles. The summed E-state index contributed by atoms with van der Waals surface area (Å²) in [6.07, 6.45) is 2.43. The van der Waals surface area contributed by atoms with Crippen LogP contribution in [0.15, 0.2) is 48.2 Å². The van der Waals surface area contributed by atoms with Gasteiger partial charge >= 0.3 is 0 Å². The monoisotopic (exact) mass is 445 g/mol. The van der Waals surface area contributed by atoms with E-state index in [1.165, 1.54) is 23.4 Å². The number of carbonyl (C=O) groups is 2. The van der Waals surface area contributed by atoms with Crippen LogP contribution in [0.3, 0.4) is 0 Å². The highest BCUT2D eigenvalue weighted by atomic mass is 16.2. The van der Waals surface area contributed by atoms with Gasteiger partial charge in [0.15, 0.2) is 0 Å². The van der Waals surface area contributed by atoms with E-state index in [0.717, 1.165) is 41.4 Å². The van der Waals surface area contributed by atoms with Crippen molar-refractivity contribution in [1.82, 2.24) is 4.90 Å². The standard InChI is InChI=1S/C28H35N3O2/c1-18(2)17-31-27(32)25(22-7-6-20(4)21(5)16-22)26(28(31)33)29-23-8-10-24(11-9-23)30-14-12-19(3)13-15-30/h6-11,16,18-19,29H,12-15,17H2,1-5H3. The molecule has 0 bridgehead atoms. The van der Waals surface area contributed by atoms with Crippen LogP contribution in [0.2, 0.25) is 0 Å². The third-order valence-electron chi connectivity index (χ3n) is 6.80. The molecule has 1 fully saturated rings. The number of imide groups is 1. The molecule has 2 aromatic carbocycles. The lowest BCUT2D eigenvalue weighted by Crippen LogP contribution is -2.35. The van der Waals surface area contributed by atoms with E-state index in [1.807, 2.05) is 58.0 Å². The fourth-order valence-electron chi connectivity index (χ4n) is 4.55. The smallest absolute Gasteiger partial charge is 0.278 e. The Bertz CT molecular complexity index is 1080. The third kappa shape index (κ3) is 4.82. The van der Waals surface area contributed by atoms with Gasteiger partial charge in [0, 0.05) is 31.0 Å². The lowest BCUT2D eigenvalue weighted by molar-refractivity contribution is -0.137. The summed E-state index contributed by atoms with van der Waals surface area (Å²) < 4.78 is 0. The Kier molecular flexibility index (Phi) is 6.59. The number of hydrogen-bond acceptors (Lipinski definition) is 4. The first kappa shape index (κ1) is 23.1. The lowest BCUT2D eigenvalue weighted by Gasteiger charge is -2.32. The molecule has 174 valence electrons. The van der Waals surface area contributed by atoms with E-state index in [2.05, 4.69) is 29.3 Å². The summed E-state index contributed by atoms with van der Waals surface area (Å²) in [4.78, 5) is 30.4. The molecular formula is C28H35N3O2. The van der Waals surface area contributed by atoms with Crippen molar-refractivity contribution < 1.29 is 9.59 Å². The highest BCUT2D eigenvalue weighted by Crippen LogP contribution is 2.32. The predicted octanol–water partition coefficient (Wildman–Crippen LogP) is 5.39. The maximum atomic E-state index is 13.3. The summed E-state index contributed by atoms with van der Waals surface area (Å²) in [5.41, 5.74) is 5.87. The lowest BCUT2D eigenvalue weighted by atomic mass is 9.99. The van der Waals surface area contributed by atoms with Gasteiger partial charge in [-0.3, -0.25) is 14.5 Å². The Morgan fingerprint density at radius 3 is 2.21 bits per heavy atom. The molecule has 4 rings (SSSR count). The molecule has 2 amide bonds. The van der Waals surface area contributed by atoms with Gasteiger partial charge in [0.25, 0.3) is 11.8 Å². The second-order valence-electron chi connectivity index (χ2n) is 10.0. The number of hydrogen-bond donors (Lipinski definition) is 1. The first-order valence-electron chi connectivity index (χ1n) is 12.0. The first-order chi connectivity index (χ1) is 15.7. The molecule has 2 aromatic rings. The number of rotatable bonds is 6. The van der Waals surface area contributed by atoms with Gasteiger partial charge in [-0.05, 0) is 79.5 Å². The second-order valence-corrected chi connectivity index (χ2v) is 10.0. The molecule has 2 aliphatic rings. The zero-order valence-corrected chi connectivity index (χ0v) is 20.4. The Balaban J connectivity index is 1.64. The van der Waals surface area contributed by atoms with E-state index >= 15 is 0 Å². The summed E-state index contributed by atoms with van der Waals surface area (Å²) >= 11 is 0. The summed E-state index contributed by atoms with van der Waals surface area (Å²) in [7, 11) is 0. The van der Waals surface area contributed by atoms with Crippen molar-refractivity contribution in [2.75, 3.05) is 29.9 Å². The molecule has 0 spiro atoms. The van der Waals surface area contributed by atoms with Crippen LogP contribution in [0, 0.1) is 25.7 Å². The number of carbonyl (C=O) groups excluding carboxylic acids is 2. The van der Waals surface area contributed by atoms with Crippen molar-refractivity contribution in [3.05, 3.63) is 64.9 Å². The van der Waals surface area contributed by atoms with Crippen molar-refractivity contribution in [2.45, 2.75) is 47.5 Å². The molecule has 1 N–H and O–H groups in total. The number of nitrogens with one attached hydrogen (secondary N) is 1. The highest BCUT2D eigenvalue weighted by molar-refractivity contribution is 6.36. The summed E-state index contributed by atoms with van der Waals surface area (Å²) in [6.45, 7) is 13.0. The Morgan fingerprint density at radius 2 is 1.61 bits per heavy atom. The Hall–Kier alpha value is -3.08. The van der Waals surface area contributed by atoms with Crippen LogP contribution in [0.4, 0.5) is 11.4 Å². The third-order valence-corrected chi connectivity index (χ3v) is 6.80. The van der Waals surface area contributed by atoms with Crippen molar-refractivity contribution in [1.29, 1.82) is 0 Å². The maximum Gasteiger partial charge on any atom is 0.278 e. The quantitative estimate of drug-likeness (QED) is 0.606. The van der Waals surface area contributed by atoms with E-state index < -0.39 is 0 Å². The van der Waals surface area contributed by atoms with Gasteiger partial charge in [0.2, 0.25) is 0 Å². The Labute approximate surface area is 197 Å². The molecule has 33 heavy (non-hydrogen) atoms. The minimum absolute atomic E-state index is 0.199. The average Bonchev–Trinajstić information content (AvgIpc) is 3.01. The number of amides is 2. The molecule has 5 heteroatoms. The van der Waals surface area contributed by atoms with Crippen LogP contribution in [-0.2, 0) is 9.59 Å². The summed E-state index contributed by atoms with van der Waals surface area (Å²) in [5.74, 6) is 0.511. The minimum Gasteiger partial charge on any atom is -0.372 e. The number of aryl methyl sites for hydroxylation is 2. The number of benzene rings is 2. The summed E-state index contributed by atoms with van der Waals surface area (Å²) in [6, 6.07) is 14.1. The van der Waals surface area contributed by atoms with E-state index in [9.17, 15) is 9.59 Å². The molecule has 2 aliphatic heterocycles. The van der Waals surface area contributed by atoms with Crippen LogP contribution in [-0.4, -0.2) is 36.3 Å². The van der Waals surface area contributed by atoms with E-state index in [1.54, 1.807) is 0 Å². The van der Waals surface area contributed by atoms with Gasteiger partial charge in [-0.1, -0.05) is 39.0 Å². The molecule has 1 saturated heterocycles.